The summed E-state index contributed by atoms with van der Waals surface area (Å²) in [6, 6.07) is 0. The van der Waals surface area contributed by atoms with E-state index in [0.29, 0.717) is 18.8 Å². The molecule has 11 heavy (non-hydrogen) atoms. The molecule has 0 saturated carbocycles. The van der Waals surface area contributed by atoms with Crippen LogP contribution in [0.25, 0.3) is 0 Å². The van der Waals surface area contributed by atoms with Crippen molar-refractivity contribution in [2.45, 2.75) is 32.6 Å². The van der Waals surface area contributed by atoms with Crippen molar-refractivity contribution < 1.29 is 14.3 Å². The Morgan fingerprint density at radius 1 is 1.55 bits per heavy atom. The minimum Gasteiger partial charge on any atom is -0.481 e. The molecule has 0 fully saturated rings. The van der Waals surface area contributed by atoms with Gasteiger partial charge in [0.25, 0.3) is 0 Å². The normalized spacial score (nSPS) is 12.9. The fraction of sp³-hybridized carbons (Fsp3) is 0.875. The van der Waals surface area contributed by atoms with Gasteiger partial charge < -0.3 is 5.11 Å². The van der Waals surface area contributed by atoms with Gasteiger partial charge in [-0.05, 0) is 18.8 Å². The lowest BCUT2D eigenvalue weighted by Gasteiger charge is -2.06. The van der Waals surface area contributed by atoms with Crippen molar-refractivity contribution in [1.82, 2.24) is 0 Å². The Balaban J connectivity index is 3.16. The molecule has 2 nitrogen and oxygen atoms in total. The predicted molar refractivity (Wildman–Crippen MR) is 41.2 cm³/mol. The number of alkyl halides is 1. The molecule has 0 aromatic carbocycles. The molecule has 0 spiro atoms. The number of carboxylic acid groups (broad SMARTS) is 1. The van der Waals surface area contributed by atoms with Crippen LogP contribution in [0.15, 0.2) is 0 Å². The van der Waals surface area contributed by atoms with E-state index in [9.17, 15) is 9.18 Å². The smallest absolute Gasteiger partial charge is 0.303 e. The average Bonchev–Trinajstić information content (AvgIpc) is 1.87. The summed E-state index contributed by atoms with van der Waals surface area (Å²) in [6.07, 6.45) is 2.24. The minimum atomic E-state index is -0.766. The maximum absolute atomic E-state index is 11.7. The third-order valence-electron chi connectivity index (χ3n) is 1.69. The second-order valence-electron chi connectivity index (χ2n) is 2.87. The third-order valence-corrected chi connectivity index (χ3v) is 1.69. The van der Waals surface area contributed by atoms with Gasteiger partial charge in [0.05, 0.1) is 6.67 Å². The second kappa shape index (κ2) is 6.13. The summed E-state index contributed by atoms with van der Waals surface area (Å²) >= 11 is 0. The Bertz CT molecular complexity index is 115. The molecule has 3 heteroatoms. The second-order valence-corrected chi connectivity index (χ2v) is 2.87. The highest BCUT2D eigenvalue weighted by Gasteiger charge is 2.03. The summed E-state index contributed by atoms with van der Waals surface area (Å²) in [7, 11) is 0. The van der Waals surface area contributed by atoms with Crippen LogP contribution in [-0.2, 0) is 4.79 Å². The number of hydrogen-bond donors (Lipinski definition) is 1. The molecule has 1 atom stereocenters. The molecule has 0 aromatic rings. The Morgan fingerprint density at radius 3 is 2.64 bits per heavy atom. The van der Waals surface area contributed by atoms with Gasteiger partial charge in [-0.2, -0.15) is 0 Å². The van der Waals surface area contributed by atoms with E-state index in [1.807, 2.05) is 6.92 Å². The zero-order valence-electron chi connectivity index (χ0n) is 6.85. The molecule has 0 bridgehead atoms. The van der Waals surface area contributed by atoms with Crippen LogP contribution in [0, 0.1) is 5.92 Å². The topological polar surface area (TPSA) is 37.3 Å². The maximum Gasteiger partial charge on any atom is 0.303 e. The summed E-state index contributed by atoms with van der Waals surface area (Å²) in [5, 5.41) is 8.28. The average molecular weight is 162 g/mol. The number of carbonyl (C=O) groups is 1. The van der Waals surface area contributed by atoms with Crippen molar-refractivity contribution in [1.29, 1.82) is 0 Å². The van der Waals surface area contributed by atoms with Crippen LogP contribution in [0.3, 0.4) is 0 Å². The molecule has 0 heterocycles. The van der Waals surface area contributed by atoms with E-state index >= 15 is 0 Å². The van der Waals surface area contributed by atoms with Crippen molar-refractivity contribution in [3.63, 3.8) is 0 Å². The van der Waals surface area contributed by atoms with Crippen molar-refractivity contribution >= 4 is 5.97 Å². The first-order valence-electron chi connectivity index (χ1n) is 3.94. The van der Waals surface area contributed by atoms with E-state index < -0.39 is 5.97 Å². The van der Waals surface area contributed by atoms with E-state index in [1.165, 1.54) is 0 Å². The van der Waals surface area contributed by atoms with Gasteiger partial charge in [0.2, 0.25) is 0 Å². The first-order valence-corrected chi connectivity index (χ1v) is 3.94. The number of carboxylic acids is 1. The highest BCUT2D eigenvalue weighted by Crippen LogP contribution is 2.11. The van der Waals surface area contributed by atoms with Gasteiger partial charge in [0, 0.05) is 6.42 Å². The lowest BCUT2D eigenvalue weighted by molar-refractivity contribution is -0.137. The van der Waals surface area contributed by atoms with Gasteiger partial charge in [-0.1, -0.05) is 13.3 Å². The number of aliphatic carboxylic acids is 1. The summed E-state index contributed by atoms with van der Waals surface area (Å²) in [4.78, 5) is 10.1. The molecule has 1 unspecified atom stereocenters. The monoisotopic (exact) mass is 162 g/mol. The van der Waals surface area contributed by atoms with E-state index in [2.05, 4.69) is 0 Å². The Hall–Kier alpha value is -0.600. The molecule has 1 N–H and O–H groups in total. The lowest BCUT2D eigenvalue weighted by atomic mass is 10.0. The summed E-state index contributed by atoms with van der Waals surface area (Å²) < 4.78 is 11.7. The van der Waals surface area contributed by atoms with Gasteiger partial charge >= 0.3 is 5.97 Å². The van der Waals surface area contributed by atoms with Crippen LogP contribution in [0.2, 0.25) is 0 Å². The van der Waals surface area contributed by atoms with E-state index in [4.69, 9.17) is 5.11 Å². The van der Waals surface area contributed by atoms with E-state index in [1.54, 1.807) is 0 Å². The molecule has 0 aliphatic rings. The Labute approximate surface area is 66.4 Å². The van der Waals surface area contributed by atoms with Gasteiger partial charge in [0.1, 0.15) is 0 Å². The van der Waals surface area contributed by atoms with E-state index in [-0.39, 0.29) is 13.1 Å². The zero-order valence-corrected chi connectivity index (χ0v) is 6.85. The summed E-state index contributed by atoms with van der Waals surface area (Å²) in [5.41, 5.74) is 0. The standard InChI is InChI=1S/C8H15FO2/c1-7(5-6-9)3-2-4-8(10)11/h7H,2-6H2,1H3,(H,10,11). The zero-order chi connectivity index (χ0) is 8.69. The van der Waals surface area contributed by atoms with Crippen LogP contribution in [-0.4, -0.2) is 17.8 Å². The molecule has 0 aliphatic heterocycles. The van der Waals surface area contributed by atoms with Crippen molar-refractivity contribution in [2.75, 3.05) is 6.67 Å². The van der Waals surface area contributed by atoms with Gasteiger partial charge in [-0.25, -0.2) is 0 Å². The van der Waals surface area contributed by atoms with Gasteiger partial charge in [-0.15, -0.1) is 0 Å². The molecule has 0 radical (unpaired) electrons. The third kappa shape index (κ3) is 7.30. The van der Waals surface area contributed by atoms with Crippen molar-refractivity contribution in [2.24, 2.45) is 5.92 Å². The predicted octanol–water partition coefficient (Wildman–Crippen LogP) is 2.24. The molecule has 0 aromatic heterocycles. The first kappa shape index (κ1) is 10.4. The van der Waals surface area contributed by atoms with E-state index in [0.717, 1.165) is 6.42 Å². The summed E-state index contributed by atoms with van der Waals surface area (Å²) in [6.45, 7) is 1.65. The van der Waals surface area contributed by atoms with Crippen molar-refractivity contribution in [3.8, 4) is 0 Å². The molecule has 66 valence electrons. The largest absolute Gasteiger partial charge is 0.481 e. The molecule has 0 saturated heterocycles. The van der Waals surface area contributed by atoms with Crippen LogP contribution in [0.4, 0.5) is 4.39 Å². The number of hydrogen-bond acceptors (Lipinski definition) is 1. The number of halogens is 1. The van der Waals surface area contributed by atoms with Crippen LogP contribution in [0.1, 0.15) is 32.6 Å². The van der Waals surface area contributed by atoms with Gasteiger partial charge in [0.15, 0.2) is 0 Å². The lowest BCUT2D eigenvalue weighted by Crippen LogP contribution is -1.99. The minimum absolute atomic E-state index is 0.205. The van der Waals surface area contributed by atoms with Crippen molar-refractivity contribution in [3.05, 3.63) is 0 Å². The first-order chi connectivity index (χ1) is 5.16. The number of rotatable bonds is 6. The van der Waals surface area contributed by atoms with Crippen LogP contribution in [0.5, 0.6) is 0 Å². The van der Waals surface area contributed by atoms with Gasteiger partial charge in [-0.3, -0.25) is 9.18 Å². The Morgan fingerprint density at radius 2 is 2.18 bits per heavy atom. The Kier molecular flexibility index (Phi) is 5.80. The quantitative estimate of drug-likeness (QED) is 0.650. The maximum atomic E-state index is 11.7. The van der Waals surface area contributed by atoms with Crippen LogP contribution >= 0.6 is 0 Å². The summed E-state index contributed by atoms with van der Waals surface area (Å²) in [5.74, 6) is -0.447. The molecule has 0 aliphatic carbocycles. The fourth-order valence-corrected chi connectivity index (χ4v) is 0.932. The fourth-order valence-electron chi connectivity index (χ4n) is 0.932. The molecule has 0 rings (SSSR count). The molecule has 0 amide bonds. The van der Waals surface area contributed by atoms with Crippen LogP contribution < -0.4 is 0 Å². The highest BCUT2D eigenvalue weighted by molar-refractivity contribution is 5.66. The SMILES string of the molecule is CC(CCF)CCCC(=O)O. The molecular weight excluding hydrogens is 147 g/mol. The highest BCUT2D eigenvalue weighted by atomic mass is 19.1. The molecular formula is C8H15FO2.